The van der Waals surface area contributed by atoms with Gasteiger partial charge < -0.3 is 0 Å². The number of nitrogens with zero attached hydrogens (tertiary/aromatic N) is 2. The summed E-state index contributed by atoms with van der Waals surface area (Å²) in [6.07, 6.45) is 2.52. The van der Waals surface area contributed by atoms with Crippen LogP contribution < -0.4 is 5.48 Å². The van der Waals surface area contributed by atoms with Gasteiger partial charge in [-0.05, 0) is 36.0 Å². The van der Waals surface area contributed by atoms with Gasteiger partial charge in [-0.1, -0.05) is 54.6 Å². The van der Waals surface area contributed by atoms with Crippen LogP contribution in [0.4, 0.5) is 0 Å². The Balaban J connectivity index is 1.69. The first-order chi connectivity index (χ1) is 13.0. The maximum absolute atomic E-state index is 12.6. The number of benzene rings is 2. The smallest absolute Gasteiger partial charge is 0.269 e. The first kappa shape index (κ1) is 19.1. The maximum Gasteiger partial charge on any atom is 0.269 e. The molecule has 1 heterocycles. The van der Waals surface area contributed by atoms with Crippen LogP contribution in [0.15, 0.2) is 59.7 Å². The molecule has 0 radical (unpaired) electrons. The van der Waals surface area contributed by atoms with Crippen molar-refractivity contribution < 1.29 is 18.4 Å². The standard InChI is InChI=1S/C19H21N3O4S/c23-19(21-24)18-7-4-13-20-22(18)27(25,26)14-12-15-8-10-17(11-9-15)16-5-2-1-3-6-16/h1-3,5-6,8-11,13,18,24H,4,7,12,14H2,(H,21,23). The molecule has 1 amide bonds. The first-order valence-electron chi connectivity index (χ1n) is 8.64. The highest BCUT2D eigenvalue weighted by Gasteiger charge is 2.34. The molecule has 1 atom stereocenters. The number of rotatable bonds is 6. The van der Waals surface area contributed by atoms with Gasteiger partial charge in [0.05, 0.1) is 5.75 Å². The van der Waals surface area contributed by atoms with Gasteiger partial charge in [-0.25, -0.2) is 13.9 Å². The number of carbonyl (C=O) groups is 1. The molecule has 3 rings (SSSR count). The van der Waals surface area contributed by atoms with Gasteiger partial charge in [-0.15, -0.1) is 0 Å². The van der Waals surface area contributed by atoms with E-state index >= 15 is 0 Å². The zero-order chi connectivity index (χ0) is 19.3. The lowest BCUT2D eigenvalue weighted by Crippen LogP contribution is -2.48. The minimum absolute atomic E-state index is 0.176. The average molecular weight is 387 g/mol. The summed E-state index contributed by atoms with van der Waals surface area (Å²) >= 11 is 0. The van der Waals surface area contributed by atoms with Crippen LogP contribution in [0, 0.1) is 0 Å². The molecular weight excluding hydrogens is 366 g/mol. The van der Waals surface area contributed by atoms with Gasteiger partial charge in [0.2, 0.25) is 0 Å². The lowest BCUT2D eigenvalue weighted by atomic mass is 10.0. The Morgan fingerprint density at radius 3 is 2.44 bits per heavy atom. The van der Waals surface area contributed by atoms with Crippen molar-refractivity contribution in [2.45, 2.75) is 25.3 Å². The van der Waals surface area contributed by atoms with Gasteiger partial charge in [0.15, 0.2) is 0 Å². The summed E-state index contributed by atoms with van der Waals surface area (Å²) < 4.78 is 26.1. The predicted molar refractivity (Wildman–Crippen MR) is 103 cm³/mol. The van der Waals surface area contributed by atoms with Gasteiger partial charge in [-0.3, -0.25) is 10.0 Å². The van der Waals surface area contributed by atoms with Gasteiger partial charge >= 0.3 is 0 Å². The summed E-state index contributed by atoms with van der Waals surface area (Å²) in [4.78, 5) is 11.7. The van der Waals surface area contributed by atoms with Crippen LogP contribution in [0.2, 0.25) is 0 Å². The van der Waals surface area contributed by atoms with E-state index in [2.05, 4.69) is 5.10 Å². The second-order valence-electron chi connectivity index (χ2n) is 6.27. The van der Waals surface area contributed by atoms with E-state index in [0.717, 1.165) is 21.1 Å². The van der Waals surface area contributed by atoms with E-state index < -0.39 is 22.0 Å². The fraction of sp³-hybridized carbons (Fsp3) is 0.263. The number of hydroxylamine groups is 1. The Kier molecular flexibility index (Phi) is 5.88. The fourth-order valence-electron chi connectivity index (χ4n) is 2.97. The second kappa shape index (κ2) is 8.32. The summed E-state index contributed by atoms with van der Waals surface area (Å²) in [5.41, 5.74) is 4.54. The van der Waals surface area contributed by atoms with Crippen molar-refractivity contribution in [3.63, 3.8) is 0 Å². The molecule has 142 valence electrons. The highest BCUT2D eigenvalue weighted by molar-refractivity contribution is 7.89. The lowest BCUT2D eigenvalue weighted by Gasteiger charge is -2.29. The van der Waals surface area contributed by atoms with Crippen LogP contribution in [0.25, 0.3) is 11.1 Å². The van der Waals surface area contributed by atoms with Gasteiger partial charge in [0, 0.05) is 6.21 Å². The van der Waals surface area contributed by atoms with Crippen molar-refractivity contribution in [2.24, 2.45) is 5.10 Å². The van der Waals surface area contributed by atoms with E-state index in [4.69, 9.17) is 5.21 Å². The molecule has 1 aliphatic heterocycles. The summed E-state index contributed by atoms with van der Waals surface area (Å²) in [5, 5.41) is 12.7. The summed E-state index contributed by atoms with van der Waals surface area (Å²) in [6.45, 7) is 0. The van der Waals surface area contributed by atoms with Crippen molar-refractivity contribution in [1.29, 1.82) is 0 Å². The fourth-order valence-corrected chi connectivity index (χ4v) is 4.45. The van der Waals surface area contributed by atoms with Gasteiger partial charge in [0.1, 0.15) is 6.04 Å². The van der Waals surface area contributed by atoms with Crippen molar-refractivity contribution in [3.05, 3.63) is 60.2 Å². The molecular formula is C19H21N3O4S. The Labute approximate surface area is 158 Å². The monoisotopic (exact) mass is 387 g/mol. The number of hydrazone groups is 1. The molecule has 2 aromatic rings. The van der Waals surface area contributed by atoms with Crippen LogP contribution in [0.3, 0.4) is 0 Å². The largest absolute Gasteiger partial charge is 0.289 e. The summed E-state index contributed by atoms with van der Waals surface area (Å²) in [7, 11) is -3.78. The van der Waals surface area contributed by atoms with Crippen molar-refractivity contribution >= 4 is 22.1 Å². The molecule has 1 unspecified atom stereocenters. The SMILES string of the molecule is O=C(NO)C1CCC=NN1S(=O)(=O)CCc1ccc(-c2ccccc2)cc1. The molecule has 7 nitrogen and oxygen atoms in total. The molecule has 27 heavy (non-hydrogen) atoms. The lowest BCUT2D eigenvalue weighted by molar-refractivity contribution is -0.133. The van der Waals surface area contributed by atoms with Crippen LogP contribution in [-0.2, 0) is 21.2 Å². The zero-order valence-corrected chi connectivity index (χ0v) is 15.5. The molecule has 8 heteroatoms. The maximum atomic E-state index is 12.6. The summed E-state index contributed by atoms with van der Waals surface area (Å²) in [5.74, 6) is -0.952. The highest BCUT2D eigenvalue weighted by Crippen LogP contribution is 2.21. The van der Waals surface area contributed by atoms with E-state index in [9.17, 15) is 13.2 Å². The van der Waals surface area contributed by atoms with E-state index in [1.54, 1.807) is 0 Å². The van der Waals surface area contributed by atoms with E-state index in [0.29, 0.717) is 12.8 Å². The average Bonchev–Trinajstić information content (AvgIpc) is 2.73. The van der Waals surface area contributed by atoms with E-state index in [1.165, 1.54) is 11.7 Å². The Morgan fingerprint density at radius 1 is 1.11 bits per heavy atom. The van der Waals surface area contributed by atoms with Gasteiger partial charge in [0.25, 0.3) is 15.9 Å². The molecule has 2 N–H and O–H groups in total. The Morgan fingerprint density at radius 2 is 1.78 bits per heavy atom. The number of aryl methyl sites for hydroxylation is 1. The zero-order valence-electron chi connectivity index (χ0n) is 14.7. The van der Waals surface area contributed by atoms with Crippen LogP contribution in [-0.4, -0.2) is 42.0 Å². The molecule has 0 saturated heterocycles. The Bertz CT molecular complexity index is 912. The third-order valence-corrected chi connectivity index (χ3v) is 6.08. The third kappa shape index (κ3) is 4.53. The number of hydrogen-bond donors (Lipinski definition) is 2. The topological polar surface area (TPSA) is 99.1 Å². The second-order valence-corrected chi connectivity index (χ2v) is 8.21. The minimum Gasteiger partial charge on any atom is -0.289 e. The molecule has 0 aliphatic carbocycles. The number of carbonyl (C=O) groups excluding carboxylic acids is 1. The van der Waals surface area contributed by atoms with Gasteiger partial charge in [-0.2, -0.15) is 9.52 Å². The molecule has 2 aromatic carbocycles. The number of hydrogen-bond acceptors (Lipinski definition) is 5. The number of nitrogens with one attached hydrogen (secondary N) is 1. The first-order valence-corrected chi connectivity index (χ1v) is 10.2. The van der Waals surface area contributed by atoms with Crippen molar-refractivity contribution in [1.82, 2.24) is 9.89 Å². The molecule has 0 fully saturated rings. The van der Waals surface area contributed by atoms with Crippen molar-refractivity contribution in [2.75, 3.05) is 5.75 Å². The van der Waals surface area contributed by atoms with Crippen LogP contribution >= 0.6 is 0 Å². The normalized spacial score (nSPS) is 16.9. The highest BCUT2D eigenvalue weighted by atomic mass is 32.2. The predicted octanol–water partition coefficient (Wildman–Crippen LogP) is 2.18. The van der Waals surface area contributed by atoms with E-state index in [-0.39, 0.29) is 12.2 Å². The molecule has 0 bridgehead atoms. The quantitative estimate of drug-likeness (QED) is 0.586. The molecule has 0 saturated carbocycles. The molecule has 1 aliphatic rings. The van der Waals surface area contributed by atoms with Crippen LogP contribution in [0.5, 0.6) is 0 Å². The molecule has 0 spiro atoms. The van der Waals surface area contributed by atoms with Crippen LogP contribution in [0.1, 0.15) is 18.4 Å². The number of amides is 1. The number of sulfonamides is 1. The minimum atomic E-state index is -3.78. The van der Waals surface area contributed by atoms with Crippen molar-refractivity contribution in [3.8, 4) is 11.1 Å². The third-order valence-electron chi connectivity index (χ3n) is 4.44. The summed E-state index contributed by atoms with van der Waals surface area (Å²) in [6, 6.07) is 16.6. The molecule has 0 aromatic heterocycles. The van der Waals surface area contributed by atoms with E-state index in [1.807, 2.05) is 54.6 Å². The Hall–Kier alpha value is -2.71.